The van der Waals surface area contributed by atoms with Crippen molar-refractivity contribution < 1.29 is 9.59 Å². The molecule has 0 saturated heterocycles. The van der Waals surface area contributed by atoms with E-state index in [4.69, 9.17) is 23.2 Å². The molecule has 2 aromatic carbocycles. The van der Waals surface area contributed by atoms with Crippen LogP contribution in [-0.4, -0.2) is 38.0 Å². The van der Waals surface area contributed by atoms with Gasteiger partial charge >= 0.3 is 0 Å². The van der Waals surface area contributed by atoms with Gasteiger partial charge in [0.05, 0.1) is 21.2 Å². The lowest BCUT2D eigenvalue weighted by Crippen LogP contribution is -2.30. The number of carbonyl (C=O) groups excluding carboxylic acids is 2. The smallest absolute Gasteiger partial charge is 0.261 e. The number of carbonyl (C=O) groups is 2. The molecule has 2 heterocycles. The van der Waals surface area contributed by atoms with Gasteiger partial charge in [-0.1, -0.05) is 35.3 Å². The van der Waals surface area contributed by atoms with Crippen molar-refractivity contribution >= 4 is 35.0 Å². The third-order valence-electron chi connectivity index (χ3n) is 4.84. The summed E-state index contributed by atoms with van der Waals surface area (Å²) in [5.74, 6) is 0.922. The van der Waals surface area contributed by atoms with E-state index < -0.39 is 0 Å². The minimum Gasteiger partial charge on any atom is -0.274 e. The zero-order valence-electron chi connectivity index (χ0n) is 15.7. The molecule has 148 valence electrons. The van der Waals surface area contributed by atoms with Crippen LogP contribution in [0, 0.1) is 6.92 Å². The summed E-state index contributed by atoms with van der Waals surface area (Å²) in [7, 11) is 0. The van der Waals surface area contributed by atoms with Crippen LogP contribution in [0.2, 0.25) is 10.0 Å². The van der Waals surface area contributed by atoms with E-state index in [0.29, 0.717) is 52.3 Å². The van der Waals surface area contributed by atoms with Crippen molar-refractivity contribution in [3.63, 3.8) is 0 Å². The Morgan fingerprint density at radius 1 is 0.897 bits per heavy atom. The maximum Gasteiger partial charge on any atom is 0.261 e. The molecule has 3 aromatic rings. The summed E-state index contributed by atoms with van der Waals surface area (Å²) < 4.78 is 1.82. The first-order chi connectivity index (χ1) is 14.0. The number of imide groups is 1. The van der Waals surface area contributed by atoms with Gasteiger partial charge in [0.2, 0.25) is 0 Å². The molecule has 1 aliphatic heterocycles. The molecule has 2 amide bonds. The van der Waals surface area contributed by atoms with Crippen LogP contribution in [-0.2, 0) is 6.54 Å². The summed E-state index contributed by atoms with van der Waals surface area (Å²) in [5, 5.41) is 5.40. The van der Waals surface area contributed by atoms with Gasteiger partial charge in [-0.3, -0.25) is 14.5 Å². The van der Waals surface area contributed by atoms with Gasteiger partial charge in [-0.05, 0) is 50.1 Å². The average molecular weight is 429 g/mol. The zero-order chi connectivity index (χ0) is 20.5. The van der Waals surface area contributed by atoms with Gasteiger partial charge in [0.1, 0.15) is 5.82 Å². The number of aromatic nitrogens is 3. The number of unbranched alkanes of at least 4 members (excludes halogenated alkanes) is 1. The Bertz CT molecular complexity index is 1070. The van der Waals surface area contributed by atoms with Gasteiger partial charge < -0.3 is 0 Å². The molecule has 1 aromatic heterocycles. The molecule has 0 atom stereocenters. The van der Waals surface area contributed by atoms with Crippen LogP contribution in [0.25, 0.3) is 11.4 Å². The number of amides is 2. The molecule has 6 nitrogen and oxygen atoms in total. The number of hydrogen-bond donors (Lipinski definition) is 0. The second kappa shape index (κ2) is 7.97. The topological polar surface area (TPSA) is 68.1 Å². The highest BCUT2D eigenvalue weighted by molar-refractivity contribution is 6.42. The van der Waals surface area contributed by atoms with Crippen molar-refractivity contribution in [2.45, 2.75) is 26.3 Å². The SMILES string of the molecule is Cc1nc(-c2ccc(Cl)c(Cl)c2)n(CCCCN2C(=O)c3ccccc3C2=O)n1. The molecule has 29 heavy (non-hydrogen) atoms. The van der Waals surface area contributed by atoms with E-state index in [2.05, 4.69) is 10.1 Å². The van der Waals surface area contributed by atoms with Gasteiger partial charge in [0, 0.05) is 18.7 Å². The minimum absolute atomic E-state index is 0.223. The zero-order valence-corrected chi connectivity index (χ0v) is 17.2. The molecular formula is C21H18Cl2N4O2. The number of halogens is 2. The number of hydrogen-bond acceptors (Lipinski definition) is 4. The van der Waals surface area contributed by atoms with E-state index >= 15 is 0 Å². The second-order valence-electron chi connectivity index (χ2n) is 6.85. The van der Waals surface area contributed by atoms with Crippen LogP contribution in [0.5, 0.6) is 0 Å². The number of nitrogens with zero attached hydrogens (tertiary/aromatic N) is 4. The molecule has 0 unspecified atom stereocenters. The lowest BCUT2D eigenvalue weighted by molar-refractivity contribution is 0.0651. The van der Waals surface area contributed by atoms with Crippen molar-refractivity contribution in [1.82, 2.24) is 19.7 Å². The molecule has 0 N–H and O–H groups in total. The first-order valence-electron chi connectivity index (χ1n) is 9.28. The number of fused-ring (bicyclic) bond motifs is 1. The van der Waals surface area contributed by atoms with E-state index in [1.165, 1.54) is 4.90 Å². The normalized spacial score (nSPS) is 13.3. The Balaban J connectivity index is 1.40. The summed E-state index contributed by atoms with van der Waals surface area (Å²) in [4.78, 5) is 30.7. The summed E-state index contributed by atoms with van der Waals surface area (Å²) in [6.45, 7) is 2.82. The first-order valence-corrected chi connectivity index (χ1v) is 10.0. The highest BCUT2D eigenvalue weighted by Gasteiger charge is 2.34. The number of rotatable bonds is 6. The number of benzene rings is 2. The molecule has 1 aliphatic rings. The van der Waals surface area contributed by atoms with Gasteiger partial charge in [0.15, 0.2) is 5.82 Å². The quantitative estimate of drug-likeness (QED) is 0.423. The fourth-order valence-electron chi connectivity index (χ4n) is 3.43. The first kappa shape index (κ1) is 19.6. The van der Waals surface area contributed by atoms with Crippen molar-refractivity contribution in [2.24, 2.45) is 0 Å². The van der Waals surface area contributed by atoms with E-state index in [0.717, 1.165) is 12.0 Å². The van der Waals surface area contributed by atoms with Gasteiger partial charge in [-0.25, -0.2) is 9.67 Å². The van der Waals surface area contributed by atoms with Crippen LogP contribution < -0.4 is 0 Å². The molecule has 0 spiro atoms. The molecule has 0 bridgehead atoms. The number of aryl methyl sites for hydroxylation is 2. The Labute approximate surface area is 178 Å². The van der Waals surface area contributed by atoms with Crippen LogP contribution in [0.1, 0.15) is 39.4 Å². The van der Waals surface area contributed by atoms with Crippen molar-refractivity contribution in [2.75, 3.05) is 6.54 Å². The monoisotopic (exact) mass is 428 g/mol. The second-order valence-corrected chi connectivity index (χ2v) is 7.66. The van der Waals surface area contributed by atoms with Crippen molar-refractivity contribution in [3.05, 3.63) is 69.5 Å². The van der Waals surface area contributed by atoms with Crippen LogP contribution in [0.15, 0.2) is 42.5 Å². The fraction of sp³-hybridized carbons (Fsp3) is 0.238. The summed E-state index contributed by atoms with van der Waals surface area (Å²) in [6.07, 6.45) is 1.41. The summed E-state index contributed by atoms with van der Waals surface area (Å²) >= 11 is 12.1. The lowest BCUT2D eigenvalue weighted by Gasteiger charge is -2.13. The van der Waals surface area contributed by atoms with Gasteiger partial charge in [-0.15, -0.1) is 0 Å². The largest absolute Gasteiger partial charge is 0.274 e. The minimum atomic E-state index is -0.223. The molecule has 4 rings (SSSR count). The van der Waals surface area contributed by atoms with Gasteiger partial charge in [-0.2, -0.15) is 5.10 Å². The maximum absolute atomic E-state index is 12.4. The maximum atomic E-state index is 12.4. The van der Waals surface area contributed by atoms with Gasteiger partial charge in [0.25, 0.3) is 11.8 Å². The lowest BCUT2D eigenvalue weighted by atomic mass is 10.1. The average Bonchev–Trinajstić information content (AvgIpc) is 3.20. The van der Waals surface area contributed by atoms with E-state index in [1.54, 1.807) is 36.4 Å². The summed E-state index contributed by atoms with van der Waals surface area (Å²) in [5.41, 5.74) is 1.79. The highest BCUT2D eigenvalue weighted by atomic mass is 35.5. The fourth-order valence-corrected chi connectivity index (χ4v) is 3.73. The highest BCUT2D eigenvalue weighted by Crippen LogP contribution is 2.28. The standard InChI is InChI=1S/C21H18Cl2N4O2/c1-13-24-19(14-8-9-17(22)18(23)12-14)27(25-13)11-5-4-10-26-20(28)15-6-2-3-7-16(15)21(26)29/h2-3,6-9,12H,4-5,10-11H2,1H3. The van der Waals surface area contributed by atoms with Crippen LogP contribution >= 0.6 is 23.2 Å². The molecule has 0 fully saturated rings. The third kappa shape index (κ3) is 3.78. The third-order valence-corrected chi connectivity index (χ3v) is 5.57. The Morgan fingerprint density at radius 3 is 2.21 bits per heavy atom. The van der Waals surface area contributed by atoms with Crippen molar-refractivity contribution in [1.29, 1.82) is 0 Å². The van der Waals surface area contributed by atoms with Crippen LogP contribution in [0.4, 0.5) is 0 Å². The molecule has 0 radical (unpaired) electrons. The predicted octanol–water partition coefficient (Wildman–Crippen LogP) is 4.64. The molecule has 0 aliphatic carbocycles. The Kier molecular flexibility index (Phi) is 5.39. The molecular weight excluding hydrogens is 411 g/mol. The van der Waals surface area contributed by atoms with E-state index in [-0.39, 0.29) is 11.8 Å². The van der Waals surface area contributed by atoms with E-state index in [1.807, 2.05) is 17.7 Å². The molecule has 0 saturated carbocycles. The van der Waals surface area contributed by atoms with Crippen LogP contribution in [0.3, 0.4) is 0 Å². The predicted molar refractivity (Wildman–Crippen MR) is 111 cm³/mol. The van der Waals surface area contributed by atoms with Crippen molar-refractivity contribution in [3.8, 4) is 11.4 Å². The summed E-state index contributed by atoms with van der Waals surface area (Å²) in [6, 6.07) is 12.3. The Morgan fingerprint density at radius 2 is 1.55 bits per heavy atom. The molecule has 8 heteroatoms. The Hall–Kier alpha value is -2.70. The van der Waals surface area contributed by atoms with E-state index in [9.17, 15) is 9.59 Å².